The number of ether oxygens (including phenoxy) is 1. The third-order valence-corrected chi connectivity index (χ3v) is 8.40. The van der Waals surface area contributed by atoms with Crippen molar-refractivity contribution in [3.63, 3.8) is 0 Å². The van der Waals surface area contributed by atoms with E-state index in [4.69, 9.17) is 21.6 Å². The molecule has 1 aliphatic carbocycles. The van der Waals surface area contributed by atoms with Crippen LogP contribution in [0.15, 0.2) is 29.3 Å². The number of imide groups is 1. The third-order valence-electron chi connectivity index (χ3n) is 5.77. The Morgan fingerprint density at radius 3 is 2.86 bits per heavy atom. The Hall–Kier alpha value is -2.87. The minimum absolute atomic E-state index is 0.0839. The molecule has 2 atom stereocenters. The van der Waals surface area contributed by atoms with E-state index in [1.807, 2.05) is 6.19 Å². The Morgan fingerprint density at radius 2 is 2.14 bits per heavy atom. The number of nitrogens with one attached hydrogen (secondary N) is 1. The van der Waals surface area contributed by atoms with Gasteiger partial charge in [-0.05, 0) is 49.8 Å². The molecule has 1 saturated heterocycles. The number of anilines is 1. The molecular weight excluding hydrogens is 508 g/mol. The number of esters is 1. The number of hydrogen-bond donors (Lipinski definition) is 1. The van der Waals surface area contributed by atoms with Crippen LogP contribution in [-0.2, 0) is 27.2 Å². The fourth-order valence-corrected chi connectivity index (χ4v) is 6.79. The lowest BCUT2D eigenvalue weighted by Gasteiger charge is -2.18. The predicted octanol–water partition coefficient (Wildman–Crippen LogP) is 4.83. The monoisotopic (exact) mass is 530 g/mol. The molecule has 2 aromatic rings. The molecule has 2 heterocycles. The summed E-state index contributed by atoms with van der Waals surface area (Å²) >= 11 is 8.48. The van der Waals surface area contributed by atoms with Crippen LogP contribution in [-0.4, -0.2) is 34.8 Å². The number of amides is 2. The molecule has 0 saturated carbocycles. The SMILES string of the molecule is CCOC(=O)c1c(N2C(=O)C[C@@H](SC(=Nc3ccccc3Cl)NC#N)C2=O)sc2c1CC[C@@H](C)C2. The third kappa shape index (κ3) is 5.22. The van der Waals surface area contributed by atoms with Crippen LogP contribution in [0.4, 0.5) is 10.7 Å². The number of nitriles is 1. The lowest BCUT2D eigenvalue weighted by atomic mass is 9.88. The summed E-state index contributed by atoms with van der Waals surface area (Å²) in [5, 5.41) is 11.7. The van der Waals surface area contributed by atoms with Gasteiger partial charge in [-0.15, -0.1) is 11.3 Å². The van der Waals surface area contributed by atoms with E-state index in [0.717, 1.165) is 39.9 Å². The Kier molecular flexibility index (Phi) is 7.79. The Bertz CT molecular complexity index is 1250. The summed E-state index contributed by atoms with van der Waals surface area (Å²) in [5.41, 5.74) is 1.63. The number of thiophene rings is 1. The van der Waals surface area contributed by atoms with E-state index in [2.05, 4.69) is 17.2 Å². The van der Waals surface area contributed by atoms with E-state index < -0.39 is 23.0 Å². The number of thioether (sulfide) groups is 1. The molecule has 2 aliphatic rings. The summed E-state index contributed by atoms with van der Waals surface area (Å²) in [6.45, 7) is 4.06. The summed E-state index contributed by atoms with van der Waals surface area (Å²) in [4.78, 5) is 45.9. The number of nitrogens with zero attached hydrogens (tertiary/aromatic N) is 3. The first-order valence-electron chi connectivity index (χ1n) is 11.2. The van der Waals surface area contributed by atoms with Gasteiger partial charge in [0.1, 0.15) is 10.3 Å². The summed E-state index contributed by atoms with van der Waals surface area (Å²) in [5.74, 6) is -0.918. The molecule has 0 bridgehead atoms. The molecule has 1 N–H and O–H groups in total. The van der Waals surface area contributed by atoms with Crippen LogP contribution in [0, 0.1) is 17.4 Å². The number of carbonyl (C=O) groups is 3. The first-order chi connectivity index (χ1) is 16.8. The molecule has 8 nitrogen and oxygen atoms in total. The van der Waals surface area contributed by atoms with E-state index in [-0.39, 0.29) is 18.2 Å². The molecule has 0 radical (unpaired) electrons. The van der Waals surface area contributed by atoms with E-state index in [1.54, 1.807) is 31.2 Å². The maximum Gasteiger partial charge on any atom is 0.341 e. The Labute approximate surface area is 216 Å². The average Bonchev–Trinajstić information content (AvgIpc) is 3.31. The van der Waals surface area contributed by atoms with Gasteiger partial charge in [0.2, 0.25) is 11.8 Å². The number of carbonyl (C=O) groups excluding carboxylic acids is 3. The molecule has 35 heavy (non-hydrogen) atoms. The van der Waals surface area contributed by atoms with Gasteiger partial charge in [0.05, 0.1) is 22.9 Å². The number of amidine groups is 1. The molecule has 1 aromatic carbocycles. The van der Waals surface area contributed by atoms with Crippen molar-refractivity contribution in [3.8, 4) is 6.19 Å². The molecule has 0 unspecified atom stereocenters. The van der Waals surface area contributed by atoms with Gasteiger partial charge in [-0.3, -0.25) is 14.9 Å². The Morgan fingerprint density at radius 1 is 1.37 bits per heavy atom. The van der Waals surface area contributed by atoms with Gasteiger partial charge < -0.3 is 4.74 Å². The average molecular weight is 531 g/mol. The lowest BCUT2D eigenvalue weighted by Crippen LogP contribution is -2.32. The topological polar surface area (TPSA) is 112 Å². The van der Waals surface area contributed by atoms with Crippen molar-refractivity contribution in [1.82, 2.24) is 5.32 Å². The molecule has 11 heteroatoms. The zero-order valence-corrected chi connectivity index (χ0v) is 21.6. The van der Waals surface area contributed by atoms with Crippen LogP contribution in [0.3, 0.4) is 0 Å². The van der Waals surface area contributed by atoms with Gasteiger partial charge in [0.25, 0.3) is 0 Å². The van der Waals surface area contributed by atoms with Crippen LogP contribution in [0.2, 0.25) is 5.02 Å². The summed E-state index contributed by atoms with van der Waals surface area (Å²) in [6, 6.07) is 6.85. The van der Waals surface area contributed by atoms with Gasteiger partial charge in [-0.25, -0.2) is 14.7 Å². The normalized spacial score (nSPS) is 19.9. The van der Waals surface area contributed by atoms with Crippen molar-refractivity contribution >= 4 is 68.3 Å². The van der Waals surface area contributed by atoms with Crippen molar-refractivity contribution in [2.24, 2.45) is 10.9 Å². The minimum Gasteiger partial charge on any atom is -0.462 e. The molecule has 2 amide bonds. The first-order valence-corrected chi connectivity index (χ1v) is 13.2. The maximum absolute atomic E-state index is 13.4. The minimum atomic E-state index is -0.808. The second-order valence-corrected chi connectivity index (χ2v) is 10.9. The highest BCUT2D eigenvalue weighted by Gasteiger charge is 2.44. The van der Waals surface area contributed by atoms with Crippen LogP contribution in [0.5, 0.6) is 0 Å². The van der Waals surface area contributed by atoms with Crippen molar-refractivity contribution in [1.29, 1.82) is 5.26 Å². The highest BCUT2D eigenvalue weighted by Crippen LogP contribution is 2.44. The highest BCUT2D eigenvalue weighted by molar-refractivity contribution is 8.15. The molecule has 4 rings (SSSR count). The van der Waals surface area contributed by atoms with Crippen molar-refractivity contribution in [2.75, 3.05) is 11.5 Å². The summed E-state index contributed by atoms with van der Waals surface area (Å²) in [6.07, 6.45) is 4.15. The predicted molar refractivity (Wildman–Crippen MR) is 137 cm³/mol. The number of rotatable bonds is 5. The molecular formula is C24H23ClN4O4S2. The standard InChI is InChI=1S/C24H23ClN4O4S2/c1-3-33-23(32)20-14-9-8-13(2)10-17(14)34-22(20)29-19(30)11-18(21(29)31)35-24(27-12-26)28-16-7-5-4-6-15(16)25/h4-7,13,18H,3,8-11H2,1-2H3,(H,27,28)/t13-,18-/m1/s1. The van der Waals surface area contributed by atoms with Gasteiger partial charge in [-0.2, -0.15) is 5.26 Å². The summed E-state index contributed by atoms with van der Waals surface area (Å²) in [7, 11) is 0. The highest BCUT2D eigenvalue weighted by atomic mass is 35.5. The van der Waals surface area contributed by atoms with Crippen LogP contribution < -0.4 is 10.2 Å². The quantitative estimate of drug-likeness (QED) is 0.147. The van der Waals surface area contributed by atoms with Gasteiger partial charge in [0.15, 0.2) is 11.4 Å². The smallest absolute Gasteiger partial charge is 0.341 e. The first kappa shape index (κ1) is 25.2. The van der Waals surface area contributed by atoms with Crippen molar-refractivity contribution in [3.05, 3.63) is 45.3 Å². The number of para-hydroxylation sites is 1. The van der Waals surface area contributed by atoms with E-state index in [9.17, 15) is 14.4 Å². The van der Waals surface area contributed by atoms with Crippen molar-refractivity contribution in [2.45, 2.75) is 44.8 Å². The van der Waals surface area contributed by atoms with Gasteiger partial charge in [0, 0.05) is 11.3 Å². The fraction of sp³-hybridized carbons (Fsp3) is 0.375. The molecule has 1 fully saturated rings. The second-order valence-electron chi connectivity index (χ2n) is 8.24. The van der Waals surface area contributed by atoms with Gasteiger partial charge >= 0.3 is 5.97 Å². The summed E-state index contributed by atoms with van der Waals surface area (Å²) < 4.78 is 5.29. The van der Waals surface area contributed by atoms with E-state index >= 15 is 0 Å². The van der Waals surface area contributed by atoms with Crippen LogP contribution in [0.1, 0.15) is 47.5 Å². The zero-order valence-electron chi connectivity index (χ0n) is 19.2. The molecule has 1 aromatic heterocycles. The maximum atomic E-state index is 13.4. The van der Waals surface area contributed by atoms with E-state index in [1.165, 1.54) is 11.3 Å². The lowest BCUT2D eigenvalue weighted by molar-refractivity contribution is -0.121. The number of hydrogen-bond acceptors (Lipinski definition) is 8. The molecule has 0 spiro atoms. The van der Waals surface area contributed by atoms with E-state index in [0.29, 0.717) is 33.6 Å². The number of aliphatic imine (C=N–C) groups is 1. The van der Waals surface area contributed by atoms with Crippen molar-refractivity contribution < 1.29 is 19.1 Å². The number of benzene rings is 1. The second kappa shape index (κ2) is 10.8. The molecule has 182 valence electrons. The fourth-order valence-electron chi connectivity index (χ4n) is 4.14. The van der Waals surface area contributed by atoms with Crippen LogP contribution in [0.25, 0.3) is 0 Å². The van der Waals surface area contributed by atoms with Gasteiger partial charge in [-0.1, -0.05) is 42.4 Å². The number of fused-ring (bicyclic) bond motifs is 1. The zero-order chi connectivity index (χ0) is 25.1. The number of halogens is 1. The Balaban J connectivity index is 1.66. The molecule has 1 aliphatic heterocycles. The van der Waals surface area contributed by atoms with Crippen LogP contribution >= 0.6 is 34.7 Å². The largest absolute Gasteiger partial charge is 0.462 e.